The highest BCUT2D eigenvalue weighted by Crippen LogP contribution is 2.40. The number of hydrogen-bond donors (Lipinski definition) is 1. The molecule has 1 N–H and O–H groups in total. The van der Waals surface area contributed by atoms with Gasteiger partial charge in [-0.15, -0.1) is 0 Å². The van der Waals surface area contributed by atoms with E-state index in [1.807, 2.05) is 0 Å². The molecule has 21 heavy (non-hydrogen) atoms. The Labute approximate surface area is 127 Å². The van der Waals surface area contributed by atoms with Crippen LogP contribution < -0.4 is 14.8 Å². The van der Waals surface area contributed by atoms with Crippen molar-refractivity contribution in [2.75, 3.05) is 25.1 Å². The van der Waals surface area contributed by atoms with Gasteiger partial charge in [0.25, 0.3) is 0 Å². The summed E-state index contributed by atoms with van der Waals surface area (Å²) in [6, 6.07) is 4.32. The zero-order valence-electron chi connectivity index (χ0n) is 12.7. The van der Waals surface area contributed by atoms with Crippen LogP contribution in [0.3, 0.4) is 0 Å². The zero-order valence-corrected chi connectivity index (χ0v) is 12.7. The molecule has 0 spiro atoms. The average Bonchev–Trinajstić information content (AvgIpc) is 2.54. The normalized spacial score (nSPS) is 25.0. The largest absolute Gasteiger partial charge is 0.486 e. The monoisotopic (exact) mass is 287 g/mol. The number of benzene rings is 1. The van der Waals surface area contributed by atoms with Crippen molar-refractivity contribution in [3.05, 3.63) is 17.7 Å². The van der Waals surface area contributed by atoms with Gasteiger partial charge in [-0.05, 0) is 36.3 Å². The first-order valence-electron chi connectivity index (χ1n) is 8.55. The lowest BCUT2D eigenvalue weighted by Gasteiger charge is -2.32. The van der Waals surface area contributed by atoms with Gasteiger partial charge in [-0.1, -0.05) is 32.1 Å². The number of fused-ring (bicyclic) bond motifs is 2. The van der Waals surface area contributed by atoms with Crippen molar-refractivity contribution in [2.24, 2.45) is 11.8 Å². The minimum atomic E-state index is 0.663. The second-order valence-electron chi connectivity index (χ2n) is 6.84. The van der Waals surface area contributed by atoms with E-state index in [1.165, 1.54) is 56.2 Å². The van der Waals surface area contributed by atoms with Crippen molar-refractivity contribution in [1.29, 1.82) is 0 Å². The molecule has 1 fully saturated rings. The van der Waals surface area contributed by atoms with Gasteiger partial charge in [0.15, 0.2) is 11.5 Å². The van der Waals surface area contributed by atoms with Crippen molar-refractivity contribution in [2.45, 2.75) is 44.9 Å². The van der Waals surface area contributed by atoms with Crippen LogP contribution in [0.4, 0.5) is 5.69 Å². The molecule has 3 aliphatic rings. The molecule has 1 saturated carbocycles. The Morgan fingerprint density at radius 2 is 1.71 bits per heavy atom. The Hall–Kier alpha value is -1.38. The van der Waals surface area contributed by atoms with Crippen LogP contribution in [0.15, 0.2) is 12.1 Å². The maximum atomic E-state index is 5.72. The topological polar surface area (TPSA) is 30.5 Å². The van der Waals surface area contributed by atoms with E-state index in [1.54, 1.807) is 0 Å². The highest BCUT2D eigenvalue weighted by Gasteiger charge is 2.25. The second kappa shape index (κ2) is 5.78. The van der Waals surface area contributed by atoms with E-state index in [-0.39, 0.29) is 0 Å². The quantitative estimate of drug-likeness (QED) is 0.891. The van der Waals surface area contributed by atoms with E-state index in [0.29, 0.717) is 13.2 Å². The minimum absolute atomic E-state index is 0.663. The van der Waals surface area contributed by atoms with Gasteiger partial charge in [0.05, 0.1) is 0 Å². The summed E-state index contributed by atoms with van der Waals surface area (Å²) in [6.07, 6.45) is 9.82. The summed E-state index contributed by atoms with van der Waals surface area (Å²) in [4.78, 5) is 0. The van der Waals surface area contributed by atoms with Crippen LogP contribution in [-0.2, 0) is 6.42 Å². The Kier molecular flexibility index (Phi) is 3.66. The predicted octanol–water partition coefficient (Wildman–Crippen LogP) is 4.01. The third kappa shape index (κ3) is 2.83. The molecule has 0 saturated heterocycles. The van der Waals surface area contributed by atoms with Crippen LogP contribution in [0.1, 0.15) is 44.1 Å². The van der Waals surface area contributed by atoms with Crippen LogP contribution in [0, 0.1) is 11.8 Å². The molecule has 3 nitrogen and oxygen atoms in total. The zero-order chi connectivity index (χ0) is 14.1. The third-order valence-electron chi connectivity index (χ3n) is 5.25. The van der Waals surface area contributed by atoms with Crippen LogP contribution in [0.25, 0.3) is 0 Å². The number of rotatable bonds is 2. The number of anilines is 1. The SMILES string of the molecule is c1c2c(cc3c1OCCO3)NCC(CC1CCCCC1)C2. The molecular formula is C18H25NO2. The summed E-state index contributed by atoms with van der Waals surface area (Å²) in [5, 5.41) is 3.62. The van der Waals surface area contributed by atoms with Gasteiger partial charge in [-0.25, -0.2) is 0 Å². The summed E-state index contributed by atoms with van der Waals surface area (Å²) in [7, 11) is 0. The maximum absolute atomic E-state index is 5.72. The standard InChI is InChI=1S/C18H25NO2/c1-2-4-13(5-3-1)8-14-9-15-10-17-18(21-7-6-20-17)11-16(15)19-12-14/h10-11,13-14,19H,1-9,12H2. The molecule has 0 bridgehead atoms. The minimum Gasteiger partial charge on any atom is -0.486 e. The van der Waals surface area contributed by atoms with Crippen molar-refractivity contribution >= 4 is 5.69 Å². The van der Waals surface area contributed by atoms with Gasteiger partial charge in [-0.3, -0.25) is 0 Å². The van der Waals surface area contributed by atoms with E-state index in [2.05, 4.69) is 17.4 Å². The smallest absolute Gasteiger partial charge is 0.163 e. The molecule has 0 aromatic heterocycles. The highest BCUT2D eigenvalue weighted by atomic mass is 16.6. The molecule has 1 aliphatic carbocycles. The van der Waals surface area contributed by atoms with E-state index in [9.17, 15) is 0 Å². The molecule has 2 heterocycles. The van der Waals surface area contributed by atoms with Crippen molar-refractivity contribution in [3.8, 4) is 11.5 Å². The molecule has 114 valence electrons. The predicted molar refractivity (Wildman–Crippen MR) is 84.3 cm³/mol. The summed E-state index contributed by atoms with van der Waals surface area (Å²) in [5.41, 5.74) is 2.66. The Bertz CT molecular complexity index is 508. The Morgan fingerprint density at radius 1 is 0.952 bits per heavy atom. The highest BCUT2D eigenvalue weighted by molar-refractivity contribution is 5.62. The average molecular weight is 287 g/mol. The van der Waals surface area contributed by atoms with Crippen molar-refractivity contribution < 1.29 is 9.47 Å². The second-order valence-corrected chi connectivity index (χ2v) is 6.84. The van der Waals surface area contributed by atoms with Crippen LogP contribution >= 0.6 is 0 Å². The van der Waals surface area contributed by atoms with E-state index in [0.717, 1.165) is 29.9 Å². The first-order chi connectivity index (χ1) is 10.4. The van der Waals surface area contributed by atoms with Gasteiger partial charge >= 0.3 is 0 Å². The molecule has 2 aliphatic heterocycles. The summed E-state index contributed by atoms with van der Waals surface area (Å²) < 4.78 is 11.4. The first kappa shape index (κ1) is 13.3. The van der Waals surface area contributed by atoms with Crippen molar-refractivity contribution in [3.63, 3.8) is 0 Å². The molecule has 0 amide bonds. The number of hydrogen-bond acceptors (Lipinski definition) is 3. The third-order valence-corrected chi connectivity index (χ3v) is 5.25. The van der Waals surface area contributed by atoms with E-state index >= 15 is 0 Å². The first-order valence-corrected chi connectivity index (χ1v) is 8.55. The maximum Gasteiger partial charge on any atom is 0.163 e. The Balaban J connectivity index is 1.46. The van der Waals surface area contributed by atoms with Gasteiger partial charge in [0.2, 0.25) is 0 Å². The van der Waals surface area contributed by atoms with Gasteiger partial charge in [-0.2, -0.15) is 0 Å². The summed E-state index contributed by atoms with van der Waals surface area (Å²) >= 11 is 0. The lowest BCUT2D eigenvalue weighted by Crippen LogP contribution is -2.26. The molecule has 4 rings (SSSR count). The fraction of sp³-hybridized carbons (Fsp3) is 0.667. The number of nitrogens with one attached hydrogen (secondary N) is 1. The molecule has 3 heteroatoms. The molecule has 1 aromatic rings. The summed E-state index contributed by atoms with van der Waals surface area (Å²) in [5.74, 6) is 3.57. The number of ether oxygens (including phenoxy) is 2. The molecular weight excluding hydrogens is 262 g/mol. The van der Waals surface area contributed by atoms with Gasteiger partial charge < -0.3 is 14.8 Å². The van der Waals surface area contributed by atoms with E-state index < -0.39 is 0 Å². The molecule has 1 aromatic carbocycles. The van der Waals surface area contributed by atoms with E-state index in [4.69, 9.17) is 9.47 Å². The van der Waals surface area contributed by atoms with Gasteiger partial charge in [0, 0.05) is 18.3 Å². The fourth-order valence-corrected chi connectivity index (χ4v) is 4.16. The van der Waals surface area contributed by atoms with Crippen molar-refractivity contribution in [1.82, 2.24) is 0 Å². The van der Waals surface area contributed by atoms with Gasteiger partial charge in [0.1, 0.15) is 13.2 Å². The summed E-state index contributed by atoms with van der Waals surface area (Å²) in [6.45, 7) is 2.45. The Morgan fingerprint density at radius 3 is 2.52 bits per heavy atom. The van der Waals surface area contributed by atoms with Crippen LogP contribution in [0.5, 0.6) is 11.5 Å². The lowest BCUT2D eigenvalue weighted by atomic mass is 9.80. The fourth-order valence-electron chi connectivity index (χ4n) is 4.16. The molecule has 1 atom stereocenters. The molecule has 1 unspecified atom stereocenters. The molecule has 0 radical (unpaired) electrons. The lowest BCUT2D eigenvalue weighted by molar-refractivity contribution is 0.171. The van der Waals surface area contributed by atoms with Crippen LogP contribution in [-0.4, -0.2) is 19.8 Å². The van der Waals surface area contributed by atoms with Crippen LogP contribution in [0.2, 0.25) is 0 Å².